The van der Waals surface area contributed by atoms with Crippen LogP contribution in [0.4, 0.5) is 5.00 Å². The molecule has 0 aliphatic heterocycles. The molecular weight excluding hydrogens is 462 g/mol. The van der Waals surface area contributed by atoms with Gasteiger partial charge in [0.25, 0.3) is 5.91 Å². The summed E-state index contributed by atoms with van der Waals surface area (Å²) in [5.41, 5.74) is 1.47. The summed E-state index contributed by atoms with van der Waals surface area (Å²) >= 11 is 1.37. The van der Waals surface area contributed by atoms with E-state index in [0.717, 1.165) is 29.7 Å². The number of hydrogen-bond donors (Lipinski definition) is 1. The van der Waals surface area contributed by atoms with Crippen molar-refractivity contribution in [2.45, 2.75) is 33.1 Å². The van der Waals surface area contributed by atoms with E-state index in [2.05, 4.69) is 12.2 Å². The lowest BCUT2D eigenvalue weighted by atomic mass is 9.88. The highest BCUT2D eigenvalue weighted by Gasteiger charge is 2.29. The Kier molecular flexibility index (Phi) is 8.38. The first kappa shape index (κ1) is 25.4. The quantitative estimate of drug-likeness (QED) is 0.527. The third kappa shape index (κ3) is 5.44. The van der Waals surface area contributed by atoms with Crippen molar-refractivity contribution in [2.24, 2.45) is 5.92 Å². The number of rotatable bonds is 9. The van der Waals surface area contributed by atoms with Gasteiger partial charge in [0.15, 0.2) is 18.1 Å². The Labute approximate surface area is 202 Å². The number of carbonyl (C=O) groups excluding carboxylic acids is 3. The topological polar surface area (TPSA) is 109 Å². The minimum atomic E-state index is -0.737. The van der Waals surface area contributed by atoms with Crippen molar-refractivity contribution in [3.8, 4) is 17.2 Å². The number of amides is 1. The van der Waals surface area contributed by atoms with Gasteiger partial charge in [-0.2, -0.15) is 0 Å². The van der Waals surface area contributed by atoms with Gasteiger partial charge in [0.2, 0.25) is 5.75 Å². The van der Waals surface area contributed by atoms with Crippen LogP contribution in [0, 0.1) is 5.92 Å². The van der Waals surface area contributed by atoms with E-state index in [-0.39, 0.29) is 23.7 Å². The molecule has 1 aliphatic carbocycles. The molecule has 3 rings (SSSR count). The molecule has 0 saturated carbocycles. The van der Waals surface area contributed by atoms with Crippen molar-refractivity contribution in [2.75, 3.05) is 39.9 Å². The van der Waals surface area contributed by atoms with Crippen LogP contribution in [0.5, 0.6) is 17.2 Å². The van der Waals surface area contributed by atoms with Gasteiger partial charge in [0.1, 0.15) is 5.00 Å². The molecule has 34 heavy (non-hydrogen) atoms. The summed E-state index contributed by atoms with van der Waals surface area (Å²) in [6, 6.07) is 2.88. The average molecular weight is 492 g/mol. The standard InChI is InChI=1S/C24H29NO8S/c1-6-32-24(28)20-15-8-7-13(2)9-18(15)34-22(20)25-19(26)12-33-23(27)14-10-16(29-3)21(31-5)17(11-14)30-4/h10-11,13H,6-9,12H2,1-5H3,(H,25,26). The van der Waals surface area contributed by atoms with Gasteiger partial charge in [0.05, 0.1) is 39.1 Å². The number of esters is 2. The molecule has 1 aliphatic rings. The minimum absolute atomic E-state index is 0.134. The first-order valence-electron chi connectivity index (χ1n) is 10.9. The second kappa shape index (κ2) is 11.2. The number of thiophene rings is 1. The van der Waals surface area contributed by atoms with Crippen LogP contribution >= 0.6 is 11.3 Å². The van der Waals surface area contributed by atoms with Crippen molar-refractivity contribution < 1.29 is 38.1 Å². The Hall–Kier alpha value is -3.27. The average Bonchev–Trinajstić information content (AvgIpc) is 3.18. The van der Waals surface area contributed by atoms with E-state index in [0.29, 0.717) is 22.2 Å². The van der Waals surface area contributed by atoms with E-state index < -0.39 is 24.5 Å². The van der Waals surface area contributed by atoms with Crippen molar-refractivity contribution >= 4 is 34.2 Å². The number of methoxy groups -OCH3 is 3. The third-order valence-corrected chi connectivity index (χ3v) is 6.65. The van der Waals surface area contributed by atoms with Crippen molar-refractivity contribution in [3.05, 3.63) is 33.7 Å². The van der Waals surface area contributed by atoms with Crippen LogP contribution in [0.25, 0.3) is 0 Å². The molecule has 1 aromatic carbocycles. The summed E-state index contributed by atoms with van der Waals surface area (Å²) in [7, 11) is 4.32. The van der Waals surface area contributed by atoms with Crippen LogP contribution in [0.15, 0.2) is 12.1 Å². The number of fused-ring (bicyclic) bond motifs is 1. The second-order valence-electron chi connectivity index (χ2n) is 7.81. The Morgan fingerprint density at radius 2 is 1.71 bits per heavy atom. The Morgan fingerprint density at radius 1 is 1.03 bits per heavy atom. The predicted octanol–water partition coefficient (Wildman–Crippen LogP) is 3.87. The Morgan fingerprint density at radius 3 is 2.29 bits per heavy atom. The number of carbonyl (C=O) groups is 3. The Balaban J connectivity index is 1.73. The molecule has 1 N–H and O–H groups in total. The molecule has 0 saturated heterocycles. The fourth-order valence-electron chi connectivity index (χ4n) is 3.83. The largest absolute Gasteiger partial charge is 0.493 e. The summed E-state index contributed by atoms with van der Waals surface area (Å²) in [5, 5.41) is 3.15. The van der Waals surface area contributed by atoms with Gasteiger partial charge in [-0.05, 0) is 49.8 Å². The summed E-state index contributed by atoms with van der Waals surface area (Å²) in [6.07, 6.45) is 2.57. The molecule has 2 aromatic rings. The van der Waals surface area contributed by atoms with Crippen LogP contribution in [0.3, 0.4) is 0 Å². The molecule has 1 amide bonds. The summed E-state index contributed by atoms with van der Waals surface area (Å²) in [6.45, 7) is 3.60. The number of hydrogen-bond acceptors (Lipinski definition) is 9. The van der Waals surface area contributed by atoms with E-state index in [4.69, 9.17) is 23.7 Å². The van der Waals surface area contributed by atoms with E-state index >= 15 is 0 Å². The van der Waals surface area contributed by atoms with Gasteiger partial charge in [0, 0.05) is 4.88 Å². The molecule has 1 unspecified atom stereocenters. The summed E-state index contributed by atoms with van der Waals surface area (Å²) < 4.78 is 26.1. The van der Waals surface area contributed by atoms with Gasteiger partial charge < -0.3 is 29.0 Å². The Bertz CT molecular complexity index is 1050. The fourth-order valence-corrected chi connectivity index (χ4v) is 5.25. The van der Waals surface area contributed by atoms with Crippen LogP contribution in [-0.2, 0) is 27.1 Å². The molecule has 9 nitrogen and oxygen atoms in total. The first-order chi connectivity index (χ1) is 16.3. The van der Waals surface area contributed by atoms with Crippen LogP contribution in [0.1, 0.15) is 51.4 Å². The molecular formula is C24H29NO8S. The number of nitrogens with one attached hydrogen (secondary N) is 1. The van der Waals surface area contributed by atoms with Crippen LogP contribution < -0.4 is 19.5 Å². The molecule has 1 heterocycles. The van der Waals surface area contributed by atoms with Gasteiger partial charge >= 0.3 is 11.9 Å². The molecule has 1 aromatic heterocycles. The highest BCUT2D eigenvalue weighted by Crippen LogP contribution is 2.40. The summed E-state index contributed by atoms with van der Waals surface area (Å²) in [4.78, 5) is 38.8. The maximum absolute atomic E-state index is 12.6. The summed E-state index contributed by atoms with van der Waals surface area (Å²) in [5.74, 6) is -0.339. The van der Waals surface area contributed by atoms with Gasteiger partial charge in [-0.3, -0.25) is 4.79 Å². The van der Waals surface area contributed by atoms with E-state index in [9.17, 15) is 14.4 Å². The molecule has 0 fully saturated rings. The SMILES string of the molecule is CCOC(=O)c1c(NC(=O)COC(=O)c2cc(OC)c(OC)c(OC)c2)sc2c1CCC(C)C2. The second-order valence-corrected chi connectivity index (χ2v) is 8.92. The zero-order valence-corrected chi connectivity index (χ0v) is 20.8. The number of benzene rings is 1. The first-order valence-corrected chi connectivity index (χ1v) is 11.7. The normalized spacial score (nSPS) is 14.6. The zero-order valence-electron chi connectivity index (χ0n) is 19.9. The fraction of sp³-hybridized carbons (Fsp3) is 0.458. The highest BCUT2D eigenvalue weighted by molar-refractivity contribution is 7.17. The molecule has 0 spiro atoms. The van der Waals surface area contributed by atoms with Crippen LogP contribution in [0.2, 0.25) is 0 Å². The minimum Gasteiger partial charge on any atom is -0.493 e. The smallest absolute Gasteiger partial charge is 0.341 e. The van der Waals surface area contributed by atoms with Crippen molar-refractivity contribution in [1.82, 2.24) is 0 Å². The zero-order chi connectivity index (χ0) is 24.8. The van der Waals surface area contributed by atoms with Crippen molar-refractivity contribution in [1.29, 1.82) is 0 Å². The highest BCUT2D eigenvalue weighted by atomic mass is 32.1. The van der Waals surface area contributed by atoms with E-state index in [1.165, 1.54) is 44.8 Å². The van der Waals surface area contributed by atoms with E-state index in [1.807, 2.05) is 0 Å². The third-order valence-electron chi connectivity index (χ3n) is 5.48. The molecule has 1 atom stereocenters. The number of ether oxygens (including phenoxy) is 5. The van der Waals surface area contributed by atoms with Crippen LogP contribution in [-0.4, -0.2) is 52.4 Å². The lowest BCUT2D eigenvalue weighted by Crippen LogP contribution is -2.22. The van der Waals surface area contributed by atoms with Gasteiger partial charge in [-0.25, -0.2) is 9.59 Å². The maximum atomic E-state index is 12.6. The molecule has 10 heteroatoms. The van der Waals surface area contributed by atoms with Crippen molar-refractivity contribution in [3.63, 3.8) is 0 Å². The number of anilines is 1. The predicted molar refractivity (Wildman–Crippen MR) is 126 cm³/mol. The maximum Gasteiger partial charge on any atom is 0.341 e. The molecule has 0 bridgehead atoms. The van der Waals surface area contributed by atoms with Gasteiger partial charge in [-0.15, -0.1) is 11.3 Å². The van der Waals surface area contributed by atoms with Gasteiger partial charge in [-0.1, -0.05) is 6.92 Å². The molecule has 184 valence electrons. The monoisotopic (exact) mass is 491 g/mol. The van der Waals surface area contributed by atoms with E-state index in [1.54, 1.807) is 6.92 Å². The lowest BCUT2D eigenvalue weighted by molar-refractivity contribution is -0.119. The molecule has 0 radical (unpaired) electrons. The lowest BCUT2D eigenvalue weighted by Gasteiger charge is -2.18.